The fourth-order valence-corrected chi connectivity index (χ4v) is 8.48. The van der Waals surface area contributed by atoms with E-state index in [0.29, 0.717) is 23.8 Å². The number of nitrogens with one attached hydrogen (secondary N) is 3. The quantitative estimate of drug-likeness (QED) is 0.565. The van der Waals surface area contributed by atoms with Crippen molar-refractivity contribution in [2.45, 2.75) is 84.6 Å². The number of fused-ring (bicyclic) bond motifs is 5. The average Bonchev–Trinajstić information content (AvgIpc) is 3.15. The number of anilines is 1. The number of aryl methyl sites for hydroxylation is 1. The number of amides is 3. The maximum atomic E-state index is 12.7. The summed E-state index contributed by atoms with van der Waals surface area (Å²) in [5.41, 5.74) is 2.66. The van der Waals surface area contributed by atoms with E-state index in [4.69, 9.17) is 0 Å². The summed E-state index contributed by atoms with van der Waals surface area (Å²) in [7, 11) is 0. The molecule has 7 atom stereocenters. The zero-order chi connectivity index (χ0) is 23.2. The third kappa shape index (κ3) is 3.85. The molecule has 3 aliphatic carbocycles. The van der Waals surface area contributed by atoms with E-state index in [-0.39, 0.29) is 17.4 Å². The molecule has 1 aliphatic heterocycles. The normalized spacial score (nSPS) is 39.6. The van der Waals surface area contributed by atoms with Gasteiger partial charge in [0.1, 0.15) is 0 Å². The molecule has 1 saturated heterocycles. The van der Waals surface area contributed by atoms with Gasteiger partial charge in [-0.2, -0.15) is 0 Å². The van der Waals surface area contributed by atoms with Crippen molar-refractivity contribution in [3.8, 4) is 0 Å². The van der Waals surface area contributed by atoms with Crippen LogP contribution in [0.1, 0.15) is 77.7 Å². The molecule has 1 aromatic carbocycles. The molecule has 3 N–H and O–H groups in total. The van der Waals surface area contributed by atoms with E-state index < -0.39 is 0 Å². The summed E-state index contributed by atoms with van der Waals surface area (Å²) >= 11 is 0. The number of benzene rings is 1. The second-order valence-corrected chi connectivity index (χ2v) is 11.7. The summed E-state index contributed by atoms with van der Waals surface area (Å²) in [5.74, 6) is 3.06. The third-order valence-corrected chi connectivity index (χ3v) is 10.4. The van der Waals surface area contributed by atoms with Gasteiger partial charge in [-0.05, 0) is 97.5 Å². The molecule has 180 valence electrons. The molecular formula is C28H41N3O2. The molecule has 5 nitrogen and oxygen atoms in total. The van der Waals surface area contributed by atoms with Gasteiger partial charge in [-0.25, -0.2) is 4.79 Å². The third-order valence-electron chi connectivity index (χ3n) is 10.4. The van der Waals surface area contributed by atoms with Crippen molar-refractivity contribution < 1.29 is 9.59 Å². The first-order valence-electron chi connectivity index (χ1n) is 13.3. The lowest BCUT2D eigenvalue weighted by molar-refractivity contribution is -0.136. The van der Waals surface area contributed by atoms with Crippen molar-refractivity contribution in [3.05, 3.63) is 29.8 Å². The minimum atomic E-state index is -0.0809. The number of carbonyl (C=O) groups excluding carboxylic acids is 2. The molecular weight excluding hydrogens is 410 g/mol. The number of hydrogen-bond acceptors (Lipinski definition) is 2. The van der Waals surface area contributed by atoms with Gasteiger partial charge in [0.05, 0.1) is 0 Å². The molecule has 1 heterocycles. The molecule has 3 saturated carbocycles. The second-order valence-electron chi connectivity index (χ2n) is 11.7. The van der Waals surface area contributed by atoms with E-state index in [1.807, 2.05) is 18.2 Å². The minimum Gasteiger partial charge on any atom is -0.353 e. The van der Waals surface area contributed by atoms with E-state index in [9.17, 15) is 9.59 Å². The molecule has 4 fully saturated rings. The van der Waals surface area contributed by atoms with Crippen molar-refractivity contribution in [2.24, 2.45) is 34.5 Å². The number of urea groups is 1. The van der Waals surface area contributed by atoms with Crippen LogP contribution >= 0.6 is 0 Å². The molecule has 0 bridgehead atoms. The maximum Gasteiger partial charge on any atom is 0.319 e. The molecule has 0 radical (unpaired) electrons. The minimum absolute atomic E-state index is 0.0809. The van der Waals surface area contributed by atoms with Gasteiger partial charge in [0, 0.05) is 24.7 Å². The van der Waals surface area contributed by atoms with Gasteiger partial charge in [0.25, 0.3) is 0 Å². The Bertz CT molecular complexity index is 916. The van der Waals surface area contributed by atoms with Gasteiger partial charge < -0.3 is 16.0 Å². The molecule has 5 rings (SSSR count). The Balaban J connectivity index is 1.23. The molecule has 4 aliphatic rings. The predicted octanol–water partition coefficient (Wildman–Crippen LogP) is 5.51. The van der Waals surface area contributed by atoms with E-state index >= 15 is 0 Å². The molecule has 33 heavy (non-hydrogen) atoms. The Morgan fingerprint density at radius 2 is 1.82 bits per heavy atom. The zero-order valence-corrected chi connectivity index (χ0v) is 20.6. The highest BCUT2D eigenvalue weighted by Crippen LogP contribution is 2.65. The average molecular weight is 452 g/mol. The molecule has 0 aromatic heterocycles. The van der Waals surface area contributed by atoms with Gasteiger partial charge in [0.15, 0.2) is 0 Å². The van der Waals surface area contributed by atoms with Crippen LogP contribution in [0, 0.1) is 34.5 Å². The van der Waals surface area contributed by atoms with E-state index in [1.165, 1.54) is 37.7 Å². The molecule has 0 spiro atoms. The van der Waals surface area contributed by atoms with Crippen LogP contribution in [-0.4, -0.2) is 24.5 Å². The Morgan fingerprint density at radius 3 is 2.64 bits per heavy atom. The first-order chi connectivity index (χ1) is 15.8. The number of carbonyl (C=O) groups is 2. The summed E-state index contributed by atoms with van der Waals surface area (Å²) in [6.07, 6.45) is 10.1. The van der Waals surface area contributed by atoms with Gasteiger partial charge in [0.2, 0.25) is 5.91 Å². The lowest BCUT2D eigenvalue weighted by Gasteiger charge is -2.60. The summed E-state index contributed by atoms with van der Waals surface area (Å²) in [6.45, 7) is 7.85. The highest BCUT2D eigenvalue weighted by atomic mass is 16.2. The molecule has 2 unspecified atom stereocenters. The number of piperidine rings is 1. The Labute approximate surface area is 198 Å². The first kappa shape index (κ1) is 22.7. The van der Waals surface area contributed by atoms with Crippen molar-refractivity contribution in [1.82, 2.24) is 10.6 Å². The Morgan fingerprint density at radius 1 is 1.03 bits per heavy atom. The smallest absolute Gasteiger partial charge is 0.319 e. The van der Waals surface area contributed by atoms with Crippen LogP contribution in [0.5, 0.6) is 0 Å². The summed E-state index contributed by atoms with van der Waals surface area (Å²) in [5, 5.41) is 9.62. The lowest BCUT2D eigenvalue weighted by Crippen LogP contribution is -2.61. The highest BCUT2D eigenvalue weighted by Gasteiger charge is 2.60. The first-order valence-corrected chi connectivity index (χ1v) is 13.3. The zero-order valence-electron chi connectivity index (χ0n) is 20.6. The predicted molar refractivity (Wildman–Crippen MR) is 132 cm³/mol. The fourth-order valence-electron chi connectivity index (χ4n) is 8.48. The van der Waals surface area contributed by atoms with Crippen molar-refractivity contribution in [2.75, 3.05) is 11.9 Å². The number of rotatable bonds is 4. The van der Waals surface area contributed by atoms with Gasteiger partial charge in [-0.3, -0.25) is 4.79 Å². The van der Waals surface area contributed by atoms with Crippen LogP contribution in [0.15, 0.2) is 24.3 Å². The Kier molecular flexibility index (Phi) is 5.95. The maximum absolute atomic E-state index is 12.7. The highest BCUT2D eigenvalue weighted by molar-refractivity contribution is 5.90. The summed E-state index contributed by atoms with van der Waals surface area (Å²) in [6, 6.07) is 8.34. The lowest BCUT2D eigenvalue weighted by atomic mass is 9.47. The van der Waals surface area contributed by atoms with Crippen molar-refractivity contribution in [3.63, 3.8) is 0 Å². The fraction of sp³-hybridized carbons (Fsp3) is 0.714. The van der Waals surface area contributed by atoms with Crippen molar-refractivity contribution in [1.29, 1.82) is 0 Å². The number of para-hydroxylation sites is 1. The van der Waals surface area contributed by atoms with Crippen LogP contribution in [-0.2, 0) is 11.2 Å². The van der Waals surface area contributed by atoms with Gasteiger partial charge >= 0.3 is 6.03 Å². The molecule has 3 amide bonds. The summed E-state index contributed by atoms with van der Waals surface area (Å²) in [4.78, 5) is 24.7. The van der Waals surface area contributed by atoms with Crippen LogP contribution in [0.2, 0.25) is 0 Å². The SMILES string of the molecule is CCc1ccccc1NC(=O)NCC1CC[C@H]2[C@@H]3CCC4NC(=O)CC[C@]4(C)[C@@H]3CC[C@]12C. The van der Waals surface area contributed by atoms with Crippen LogP contribution in [0.4, 0.5) is 10.5 Å². The summed E-state index contributed by atoms with van der Waals surface area (Å²) < 4.78 is 0. The second kappa shape index (κ2) is 8.63. The molecule has 1 aromatic rings. The Hall–Kier alpha value is -2.04. The van der Waals surface area contributed by atoms with Crippen LogP contribution < -0.4 is 16.0 Å². The van der Waals surface area contributed by atoms with Crippen LogP contribution in [0.25, 0.3) is 0 Å². The van der Waals surface area contributed by atoms with Gasteiger partial charge in [-0.15, -0.1) is 0 Å². The largest absolute Gasteiger partial charge is 0.353 e. The molecule has 5 heteroatoms. The van der Waals surface area contributed by atoms with E-state index in [0.717, 1.165) is 49.2 Å². The van der Waals surface area contributed by atoms with Crippen LogP contribution in [0.3, 0.4) is 0 Å². The topological polar surface area (TPSA) is 70.2 Å². The van der Waals surface area contributed by atoms with Gasteiger partial charge in [-0.1, -0.05) is 39.0 Å². The van der Waals surface area contributed by atoms with E-state index in [1.54, 1.807) is 0 Å². The van der Waals surface area contributed by atoms with E-state index in [2.05, 4.69) is 42.8 Å². The standard InChI is InChI=1S/C28H41N3O2/c1-4-18-7-5-6-8-23(18)30-26(33)29-17-19-9-11-21-20-10-12-24-28(3,16-14-25(32)31-24)22(20)13-15-27(19,21)2/h5-8,19-22,24H,4,9-17H2,1-3H3,(H,31,32)(H2,29,30,33)/t19?,20-,21-,22+,24?,27+,28+/m0/s1. The van der Waals surface area contributed by atoms with Crippen molar-refractivity contribution >= 4 is 17.6 Å². The number of hydrogen-bond donors (Lipinski definition) is 3. The monoisotopic (exact) mass is 451 g/mol.